The van der Waals surface area contributed by atoms with Crippen LogP contribution in [0, 0.1) is 10.1 Å². The van der Waals surface area contributed by atoms with Crippen LogP contribution in [0.2, 0.25) is 5.04 Å². The highest BCUT2D eigenvalue weighted by atomic mass is 28.4. The van der Waals surface area contributed by atoms with Gasteiger partial charge in [-0.05, 0) is 41.2 Å². The summed E-state index contributed by atoms with van der Waals surface area (Å²) < 4.78 is 12.8. The first-order chi connectivity index (χ1) is 17.6. The Morgan fingerprint density at radius 3 is 2.19 bits per heavy atom. The van der Waals surface area contributed by atoms with Crippen molar-refractivity contribution in [3.05, 3.63) is 88.5 Å². The summed E-state index contributed by atoms with van der Waals surface area (Å²) in [4.78, 5) is 23.0. The molecule has 1 heterocycles. The average Bonchev–Trinajstić information content (AvgIpc) is 2.88. The van der Waals surface area contributed by atoms with Gasteiger partial charge in [0, 0.05) is 18.2 Å². The van der Waals surface area contributed by atoms with Gasteiger partial charge in [-0.15, -0.1) is 0 Å². The number of hydrogen-bond donors (Lipinski definition) is 1. The van der Waals surface area contributed by atoms with E-state index in [9.17, 15) is 14.9 Å². The van der Waals surface area contributed by atoms with Crippen LogP contribution in [0.4, 0.5) is 11.4 Å². The molecule has 0 radical (unpaired) electrons. The molecule has 0 bridgehead atoms. The molecule has 1 aliphatic rings. The second kappa shape index (κ2) is 10.9. The summed E-state index contributed by atoms with van der Waals surface area (Å²) in [5.41, 5.74) is 0.458. The molecule has 0 spiro atoms. The number of nitrogens with zero attached hydrogens (tertiary/aromatic N) is 1. The Morgan fingerprint density at radius 2 is 1.68 bits per heavy atom. The number of rotatable bonds is 9. The molecule has 1 N–H and O–H groups in total. The number of nitrogens with one attached hydrogen (secondary N) is 1. The quantitative estimate of drug-likeness (QED) is 0.135. The Balaban J connectivity index is 1.51. The number of anilines is 1. The minimum absolute atomic E-state index is 0.0999. The van der Waals surface area contributed by atoms with Crippen molar-refractivity contribution in [2.45, 2.75) is 51.6 Å². The predicted octanol–water partition coefficient (Wildman–Crippen LogP) is 5.33. The van der Waals surface area contributed by atoms with Crippen molar-refractivity contribution in [2.75, 3.05) is 18.5 Å². The van der Waals surface area contributed by atoms with Gasteiger partial charge in [0.25, 0.3) is 14.0 Å². The van der Waals surface area contributed by atoms with Crippen molar-refractivity contribution in [3.63, 3.8) is 0 Å². The first kappa shape index (κ1) is 26.6. The van der Waals surface area contributed by atoms with Crippen LogP contribution < -0.4 is 20.4 Å². The molecule has 0 unspecified atom stereocenters. The largest absolute Gasteiger partial charge is 0.489 e. The fourth-order valence-electron chi connectivity index (χ4n) is 5.12. The number of carbonyl (C=O) groups excluding carboxylic acids is 1. The zero-order valence-electron chi connectivity index (χ0n) is 21.8. The van der Waals surface area contributed by atoms with Crippen LogP contribution in [0.1, 0.15) is 50.9 Å². The van der Waals surface area contributed by atoms with E-state index in [1.807, 2.05) is 12.1 Å². The molecule has 3 aromatic carbocycles. The molecule has 0 saturated carbocycles. The van der Waals surface area contributed by atoms with E-state index in [4.69, 9.17) is 9.16 Å². The Bertz CT molecular complexity index is 1220. The van der Waals surface area contributed by atoms with E-state index in [0.717, 1.165) is 12.8 Å². The number of benzene rings is 3. The number of fused-ring (bicyclic) bond motifs is 1. The zero-order chi connectivity index (χ0) is 26.6. The predicted molar refractivity (Wildman–Crippen MR) is 149 cm³/mol. The number of Topliss-reactive ketones (excluding diaryl/α,β-unsaturated/α-hetero) is 1. The number of carbonyl (C=O) groups is 1. The van der Waals surface area contributed by atoms with Crippen LogP contribution in [0.5, 0.6) is 5.75 Å². The third-order valence-electron chi connectivity index (χ3n) is 6.91. The molecule has 0 aliphatic carbocycles. The van der Waals surface area contributed by atoms with Gasteiger partial charge >= 0.3 is 0 Å². The number of hydrogen-bond acceptors (Lipinski definition) is 6. The Kier molecular flexibility index (Phi) is 7.80. The molecular weight excluding hydrogens is 484 g/mol. The highest BCUT2D eigenvalue weighted by Crippen LogP contribution is 2.40. The fraction of sp³-hybridized carbons (Fsp3) is 0.345. The normalized spacial score (nSPS) is 15.3. The van der Waals surface area contributed by atoms with Crippen molar-refractivity contribution >= 4 is 35.8 Å². The highest BCUT2D eigenvalue weighted by Gasteiger charge is 2.50. The molecule has 7 nitrogen and oxygen atoms in total. The lowest BCUT2D eigenvalue weighted by Crippen LogP contribution is -2.66. The van der Waals surface area contributed by atoms with Crippen LogP contribution >= 0.6 is 0 Å². The molecule has 4 rings (SSSR count). The van der Waals surface area contributed by atoms with E-state index >= 15 is 0 Å². The minimum atomic E-state index is -2.61. The van der Waals surface area contributed by atoms with Gasteiger partial charge in [-0.3, -0.25) is 14.9 Å². The molecule has 194 valence electrons. The second-order valence-corrected chi connectivity index (χ2v) is 14.8. The third-order valence-corrected chi connectivity index (χ3v) is 11.9. The SMILES string of the molecule is CC(=O)c1cc2c(c([N+](=O)[O-])c1)N[C@@H](CCCO[Si](c1ccccc1)(c1ccccc1)C(C)(C)C)CO2. The van der Waals surface area contributed by atoms with E-state index in [-0.39, 0.29) is 28.1 Å². The Labute approximate surface area is 219 Å². The molecule has 1 atom stereocenters. The monoisotopic (exact) mass is 518 g/mol. The smallest absolute Gasteiger partial charge is 0.296 e. The molecule has 0 fully saturated rings. The lowest BCUT2D eigenvalue weighted by atomic mass is 10.1. The third kappa shape index (κ3) is 5.45. The van der Waals surface area contributed by atoms with Gasteiger partial charge in [-0.1, -0.05) is 81.4 Å². The average molecular weight is 519 g/mol. The van der Waals surface area contributed by atoms with Crippen molar-refractivity contribution in [1.29, 1.82) is 0 Å². The summed E-state index contributed by atoms with van der Waals surface area (Å²) in [6, 6.07) is 23.8. The minimum Gasteiger partial charge on any atom is -0.489 e. The van der Waals surface area contributed by atoms with E-state index in [1.165, 1.54) is 23.4 Å². The summed E-state index contributed by atoms with van der Waals surface area (Å²) >= 11 is 0. The van der Waals surface area contributed by atoms with Crippen molar-refractivity contribution < 1.29 is 18.9 Å². The first-order valence-electron chi connectivity index (χ1n) is 12.6. The topological polar surface area (TPSA) is 90.7 Å². The van der Waals surface area contributed by atoms with Gasteiger partial charge < -0.3 is 14.5 Å². The lowest BCUT2D eigenvalue weighted by Gasteiger charge is -2.43. The van der Waals surface area contributed by atoms with Crippen LogP contribution in [0.25, 0.3) is 0 Å². The number of ether oxygens (including phenoxy) is 1. The van der Waals surface area contributed by atoms with Crippen LogP contribution in [-0.4, -0.2) is 38.3 Å². The van der Waals surface area contributed by atoms with Crippen LogP contribution in [-0.2, 0) is 4.43 Å². The van der Waals surface area contributed by atoms with Gasteiger partial charge in [0.05, 0.1) is 11.0 Å². The lowest BCUT2D eigenvalue weighted by molar-refractivity contribution is -0.384. The van der Waals surface area contributed by atoms with E-state index < -0.39 is 13.2 Å². The van der Waals surface area contributed by atoms with Gasteiger partial charge in [0.1, 0.15) is 12.4 Å². The fourth-order valence-corrected chi connectivity index (χ4v) is 9.72. The number of nitro groups is 1. The molecule has 3 aromatic rings. The van der Waals surface area contributed by atoms with Gasteiger partial charge in [-0.25, -0.2) is 0 Å². The standard InChI is InChI=1S/C29H34N2O5Si/c1-21(32)22-18-26(31(33)34)28-27(19-22)35-20-23(30-28)12-11-17-36-37(29(2,3)4,24-13-7-5-8-14-24)25-15-9-6-10-16-25/h5-10,13-16,18-19,23,30H,11-12,17,20H2,1-4H3/t23-/m0/s1. The molecule has 0 aromatic heterocycles. The summed E-state index contributed by atoms with van der Waals surface area (Å²) in [6.07, 6.45) is 1.49. The molecule has 0 saturated heterocycles. The van der Waals surface area contributed by atoms with Gasteiger partial charge in [-0.2, -0.15) is 0 Å². The van der Waals surface area contributed by atoms with Crippen molar-refractivity contribution in [2.24, 2.45) is 0 Å². The zero-order valence-corrected chi connectivity index (χ0v) is 22.8. The highest BCUT2D eigenvalue weighted by molar-refractivity contribution is 6.99. The summed E-state index contributed by atoms with van der Waals surface area (Å²) in [5, 5.41) is 17.3. The maximum absolute atomic E-state index is 11.8. The second-order valence-electron chi connectivity index (χ2n) is 10.5. The van der Waals surface area contributed by atoms with E-state index in [0.29, 0.717) is 24.7 Å². The van der Waals surface area contributed by atoms with Crippen LogP contribution in [0.15, 0.2) is 72.8 Å². The first-order valence-corrected chi connectivity index (χ1v) is 14.5. The van der Waals surface area contributed by atoms with Gasteiger partial charge in [0.2, 0.25) is 0 Å². The molecular formula is C29H34N2O5Si. The maximum atomic E-state index is 11.8. The summed E-state index contributed by atoms with van der Waals surface area (Å²) in [6.45, 7) is 9.06. The van der Waals surface area contributed by atoms with E-state index in [2.05, 4.69) is 74.6 Å². The molecule has 0 amide bonds. The summed E-state index contributed by atoms with van der Waals surface area (Å²) in [7, 11) is -2.61. The van der Waals surface area contributed by atoms with Crippen molar-refractivity contribution in [3.8, 4) is 5.75 Å². The Morgan fingerprint density at radius 1 is 1.08 bits per heavy atom. The molecule has 8 heteroatoms. The van der Waals surface area contributed by atoms with E-state index in [1.54, 1.807) is 6.07 Å². The maximum Gasteiger partial charge on any atom is 0.296 e. The summed E-state index contributed by atoms with van der Waals surface area (Å²) in [5.74, 6) is 0.108. The Hall–Kier alpha value is -3.49. The van der Waals surface area contributed by atoms with Gasteiger partial charge in [0.15, 0.2) is 11.5 Å². The number of nitro benzene ring substituents is 1. The molecule has 37 heavy (non-hydrogen) atoms. The van der Waals surface area contributed by atoms with Crippen molar-refractivity contribution in [1.82, 2.24) is 0 Å². The molecule has 1 aliphatic heterocycles. The number of ketones is 1. The van der Waals surface area contributed by atoms with Crippen LogP contribution in [0.3, 0.4) is 0 Å².